The molecule has 0 saturated carbocycles. The third-order valence-corrected chi connectivity index (χ3v) is 5.10. The Kier molecular flexibility index (Phi) is 5.96. The Hall–Kier alpha value is -3.65. The maximum absolute atomic E-state index is 13.5. The second-order valence-corrected chi connectivity index (χ2v) is 7.24. The molecule has 9 heteroatoms. The monoisotopic (exact) mass is 453 g/mol. The van der Waals surface area contributed by atoms with Crippen molar-refractivity contribution in [2.45, 2.75) is 13.5 Å². The van der Waals surface area contributed by atoms with Crippen LogP contribution in [-0.4, -0.2) is 26.5 Å². The highest BCUT2D eigenvalue weighted by atomic mass is 35.5. The maximum Gasteiger partial charge on any atom is 0.234 e. The fourth-order valence-corrected chi connectivity index (χ4v) is 3.63. The minimum atomic E-state index is -0.310. The Morgan fingerprint density at radius 3 is 2.50 bits per heavy atom. The van der Waals surface area contributed by atoms with E-state index in [9.17, 15) is 4.39 Å². The predicted octanol–water partition coefficient (Wildman–Crippen LogP) is 4.71. The molecule has 5 rings (SSSR count). The SMILES string of the molecule is Cc1nn(C)c2c(N(Cc3ccccc3)C3=COCO3)nc(-c3ccc(F)cc3)nc12.Cl. The molecule has 1 aliphatic rings. The summed E-state index contributed by atoms with van der Waals surface area (Å²) in [6, 6.07) is 16.2. The smallest absolute Gasteiger partial charge is 0.234 e. The molecule has 32 heavy (non-hydrogen) atoms. The van der Waals surface area contributed by atoms with Crippen molar-refractivity contribution < 1.29 is 13.9 Å². The van der Waals surface area contributed by atoms with Gasteiger partial charge in [0.05, 0.1) is 12.2 Å². The normalized spacial score (nSPS) is 12.7. The summed E-state index contributed by atoms with van der Waals surface area (Å²) in [5, 5.41) is 4.55. The molecule has 4 aromatic rings. The summed E-state index contributed by atoms with van der Waals surface area (Å²) in [6.07, 6.45) is 1.58. The zero-order valence-electron chi connectivity index (χ0n) is 17.5. The summed E-state index contributed by atoms with van der Waals surface area (Å²) in [5.74, 6) is 1.35. The molecule has 0 bridgehead atoms. The summed E-state index contributed by atoms with van der Waals surface area (Å²) >= 11 is 0. The Bertz CT molecular complexity index is 1280. The van der Waals surface area contributed by atoms with E-state index in [4.69, 9.17) is 19.4 Å². The first-order valence-corrected chi connectivity index (χ1v) is 9.83. The molecule has 0 amide bonds. The fourth-order valence-electron chi connectivity index (χ4n) is 3.63. The zero-order chi connectivity index (χ0) is 21.4. The molecule has 164 valence electrons. The largest absolute Gasteiger partial charge is 0.459 e. The number of aromatic nitrogens is 4. The minimum Gasteiger partial charge on any atom is -0.459 e. The minimum absolute atomic E-state index is 0. The highest BCUT2D eigenvalue weighted by Crippen LogP contribution is 2.33. The standard InChI is InChI=1S/C23H20FN5O2.ClH/c1-15-20-21(28(2)27-15)23(26-22(25-20)17-8-10-18(24)11-9-17)29(19-13-30-14-31-19)12-16-6-4-3-5-7-16;/h3-11,13H,12,14H2,1-2H3;1H. The fraction of sp³-hybridized carbons (Fsp3) is 0.174. The van der Waals surface area contributed by atoms with Gasteiger partial charge in [0.1, 0.15) is 23.1 Å². The number of halogens is 2. The Labute approximate surface area is 190 Å². The van der Waals surface area contributed by atoms with Crippen molar-refractivity contribution in [1.82, 2.24) is 19.7 Å². The third-order valence-electron chi connectivity index (χ3n) is 5.10. The van der Waals surface area contributed by atoms with Crippen LogP contribution >= 0.6 is 12.4 Å². The van der Waals surface area contributed by atoms with Gasteiger partial charge in [-0.15, -0.1) is 12.4 Å². The van der Waals surface area contributed by atoms with E-state index in [2.05, 4.69) is 5.10 Å². The topological polar surface area (TPSA) is 65.3 Å². The lowest BCUT2D eigenvalue weighted by atomic mass is 10.2. The van der Waals surface area contributed by atoms with Gasteiger partial charge in [0, 0.05) is 12.6 Å². The van der Waals surface area contributed by atoms with Crippen LogP contribution in [0.4, 0.5) is 10.2 Å². The number of aryl methyl sites for hydroxylation is 2. The van der Waals surface area contributed by atoms with Crippen molar-refractivity contribution in [1.29, 1.82) is 0 Å². The summed E-state index contributed by atoms with van der Waals surface area (Å²) < 4.78 is 26.3. The van der Waals surface area contributed by atoms with Crippen LogP contribution in [0.2, 0.25) is 0 Å². The molecule has 3 heterocycles. The Morgan fingerprint density at radius 2 is 1.81 bits per heavy atom. The van der Waals surface area contributed by atoms with Crippen molar-refractivity contribution >= 4 is 29.3 Å². The van der Waals surface area contributed by atoms with E-state index in [-0.39, 0.29) is 25.0 Å². The van der Waals surface area contributed by atoms with Gasteiger partial charge in [0.25, 0.3) is 0 Å². The summed E-state index contributed by atoms with van der Waals surface area (Å²) in [7, 11) is 1.86. The van der Waals surface area contributed by atoms with E-state index in [1.54, 1.807) is 23.1 Å². The summed E-state index contributed by atoms with van der Waals surface area (Å²) in [5.41, 5.74) is 4.07. The maximum atomic E-state index is 13.5. The Morgan fingerprint density at radius 1 is 1.06 bits per heavy atom. The summed E-state index contributed by atoms with van der Waals surface area (Å²) in [4.78, 5) is 11.6. The molecule has 0 N–H and O–H groups in total. The highest BCUT2D eigenvalue weighted by molar-refractivity contribution is 5.90. The first kappa shape index (κ1) is 21.6. The number of nitrogens with zero attached hydrogens (tertiary/aromatic N) is 5. The van der Waals surface area contributed by atoms with E-state index >= 15 is 0 Å². The van der Waals surface area contributed by atoms with Crippen LogP contribution in [0, 0.1) is 12.7 Å². The van der Waals surface area contributed by atoms with Gasteiger partial charge in [-0.05, 0) is 36.8 Å². The van der Waals surface area contributed by atoms with E-state index in [1.807, 2.05) is 49.2 Å². The Balaban J connectivity index is 0.00000245. The quantitative estimate of drug-likeness (QED) is 0.436. The van der Waals surface area contributed by atoms with Gasteiger partial charge in [-0.1, -0.05) is 30.3 Å². The van der Waals surface area contributed by atoms with Crippen LogP contribution in [0.15, 0.2) is 66.7 Å². The average molecular weight is 454 g/mol. The van der Waals surface area contributed by atoms with Crippen molar-refractivity contribution in [2.24, 2.45) is 7.05 Å². The molecular formula is C23H21ClFN5O2. The van der Waals surface area contributed by atoms with Crippen molar-refractivity contribution in [3.05, 3.63) is 83.8 Å². The van der Waals surface area contributed by atoms with Gasteiger partial charge in [-0.25, -0.2) is 14.4 Å². The lowest BCUT2D eigenvalue weighted by Gasteiger charge is -2.24. The second-order valence-electron chi connectivity index (χ2n) is 7.24. The van der Waals surface area contributed by atoms with Crippen LogP contribution < -0.4 is 4.90 Å². The molecule has 1 aliphatic heterocycles. The first-order chi connectivity index (χ1) is 15.1. The summed E-state index contributed by atoms with van der Waals surface area (Å²) in [6.45, 7) is 2.56. The van der Waals surface area contributed by atoms with Gasteiger partial charge in [0.2, 0.25) is 12.7 Å². The van der Waals surface area contributed by atoms with Crippen LogP contribution in [0.5, 0.6) is 0 Å². The third kappa shape index (κ3) is 3.97. The molecule has 0 aliphatic carbocycles. The second kappa shape index (κ2) is 8.84. The molecule has 0 radical (unpaired) electrons. The lowest BCUT2D eigenvalue weighted by molar-refractivity contribution is 0.0782. The number of hydrogen-bond acceptors (Lipinski definition) is 6. The van der Waals surface area contributed by atoms with Gasteiger partial charge >= 0.3 is 0 Å². The van der Waals surface area contributed by atoms with Crippen LogP contribution in [0.25, 0.3) is 22.4 Å². The van der Waals surface area contributed by atoms with E-state index in [0.29, 0.717) is 29.6 Å². The number of benzene rings is 2. The van der Waals surface area contributed by atoms with Crippen LogP contribution in [0.1, 0.15) is 11.3 Å². The molecular weight excluding hydrogens is 433 g/mol. The van der Waals surface area contributed by atoms with Crippen molar-refractivity contribution in [2.75, 3.05) is 11.7 Å². The number of ether oxygens (including phenoxy) is 2. The number of anilines is 1. The molecule has 0 spiro atoms. The first-order valence-electron chi connectivity index (χ1n) is 9.83. The lowest BCUT2D eigenvalue weighted by Crippen LogP contribution is -2.24. The average Bonchev–Trinajstić information content (AvgIpc) is 3.41. The molecule has 0 unspecified atom stereocenters. The van der Waals surface area contributed by atoms with Gasteiger partial charge in [0.15, 0.2) is 11.6 Å². The molecule has 7 nitrogen and oxygen atoms in total. The van der Waals surface area contributed by atoms with E-state index in [0.717, 1.165) is 22.3 Å². The predicted molar refractivity (Wildman–Crippen MR) is 121 cm³/mol. The van der Waals surface area contributed by atoms with Crippen molar-refractivity contribution in [3.8, 4) is 11.4 Å². The van der Waals surface area contributed by atoms with Crippen LogP contribution in [-0.2, 0) is 23.1 Å². The van der Waals surface area contributed by atoms with Crippen molar-refractivity contribution in [3.63, 3.8) is 0 Å². The van der Waals surface area contributed by atoms with Gasteiger partial charge in [-0.3, -0.25) is 9.58 Å². The number of rotatable bonds is 5. The molecule has 2 aromatic carbocycles. The van der Waals surface area contributed by atoms with E-state index in [1.165, 1.54) is 12.1 Å². The molecule has 0 fully saturated rings. The zero-order valence-corrected chi connectivity index (χ0v) is 18.3. The van der Waals surface area contributed by atoms with Gasteiger partial charge in [-0.2, -0.15) is 5.10 Å². The van der Waals surface area contributed by atoms with Crippen LogP contribution in [0.3, 0.4) is 0 Å². The van der Waals surface area contributed by atoms with E-state index < -0.39 is 0 Å². The number of fused-ring (bicyclic) bond motifs is 1. The highest BCUT2D eigenvalue weighted by Gasteiger charge is 2.26. The molecule has 0 atom stereocenters. The van der Waals surface area contributed by atoms with Gasteiger partial charge < -0.3 is 9.47 Å². The number of hydrogen-bond donors (Lipinski definition) is 0. The molecule has 2 aromatic heterocycles. The molecule has 0 saturated heterocycles.